The van der Waals surface area contributed by atoms with E-state index in [2.05, 4.69) is 43.1 Å². The molecule has 3 unspecified atom stereocenters. The highest BCUT2D eigenvalue weighted by atomic mass is 32.2. The molecule has 4 aliphatic carbocycles. The van der Waals surface area contributed by atoms with Crippen LogP contribution in [-0.4, -0.2) is 36.3 Å². The van der Waals surface area contributed by atoms with Crippen molar-refractivity contribution in [3.63, 3.8) is 0 Å². The molecule has 0 saturated heterocycles. The van der Waals surface area contributed by atoms with E-state index in [1.165, 1.54) is 43.7 Å². The van der Waals surface area contributed by atoms with Crippen LogP contribution < -0.4 is 0 Å². The summed E-state index contributed by atoms with van der Waals surface area (Å²) in [6.07, 6.45) is 17.9. The van der Waals surface area contributed by atoms with Gasteiger partial charge in [0.15, 0.2) is 0 Å². The highest BCUT2D eigenvalue weighted by molar-refractivity contribution is 7.85. The van der Waals surface area contributed by atoms with E-state index in [-0.39, 0.29) is 22.9 Å². The van der Waals surface area contributed by atoms with Gasteiger partial charge in [-0.3, -0.25) is 14.3 Å². The molecule has 1 aromatic heterocycles. The quantitative estimate of drug-likeness (QED) is 0.338. The number of hydrogen-bond donors (Lipinski definition) is 1. The number of ether oxygens (including phenoxy) is 1. The minimum atomic E-state index is -3.67. The van der Waals surface area contributed by atoms with Crippen molar-refractivity contribution in [3.05, 3.63) is 47.8 Å². The number of nitrogens with zero attached hydrogens (tertiary/aromatic N) is 1. The molecule has 34 heavy (non-hydrogen) atoms. The molecule has 6 atom stereocenters. The van der Waals surface area contributed by atoms with Gasteiger partial charge >= 0.3 is 5.97 Å². The molecule has 186 valence electrons. The minimum Gasteiger partial charge on any atom is -0.462 e. The van der Waals surface area contributed by atoms with E-state index in [1.54, 1.807) is 5.57 Å². The zero-order valence-corrected chi connectivity index (χ0v) is 21.5. The third-order valence-electron chi connectivity index (χ3n) is 8.94. The molecule has 4 aliphatic rings. The second-order valence-corrected chi connectivity index (χ2v) is 12.5. The molecule has 2 saturated carbocycles. The van der Waals surface area contributed by atoms with Crippen LogP contribution in [0.1, 0.15) is 71.3 Å². The van der Waals surface area contributed by atoms with Crippen LogP contribution in [0.4, 0.5) is 0 Å². The Labute approximate surface area is 203 Å². The lowest BCUT2D eigenvalue weighted by Gasteiger charge is -2.57. The maximum absolute atomic E-state index is 11.4. The summed E-state index contributed by atoms with van der Waals surface area (Å²) in [6.45, 7) is 6.56. The van der Waals surface area contributed by atoms with Gasteiger partial charge in [0.1, 0.15) is 6.10 Å². The lowest BCUT2D eigenvalue weighted by molar-refractivity contribution is -0.148. The standard InChI is InChI=1S/C26H33NO2.CH4O3S/c1-17(28)29-20-10-12-25(2)19(15-20)6-7-21-23-9-8-22(18-5-4-14-27-16-18)26(23,3)13-11-24(21)25;1-5(2,3)4/h4-6,8,14,16,20-21,23-24H,7,9-13,15H2,1-3H3;1H3,(H,2,3,4)/t20-,21?,23?,24?,25-,26+;/m0./s1. The van der Waals surface area contributed by atoms with E-state index < -0.39 is 10.1 Å². The molecular weight excluding hydrogens is 450 g/mol. The van der Waals surface area contributed by atoms with E-state index in [9.17, 15) is 13.2 Å². The zero-order chi connectivity index (χ0) is 24.7. The number of pyridine rings is 1. The average Bonchev–Trinajstić information content (AvgIpc) is 3.10. The second-order valence-electron chi connectivity index (χ2n) is 11.0. The first kappa shape index (κ1) is 25.1. The molecule has 1 heterocycles. The average molecular weight is 488 g/mol. The summed E-state index contributed by atoms with van der Waals surface area (Å²) in [5, 5.41) is 0. The molecule has 6 nitrogen and oxygen atoms in total. The first-order valence-corrected chi connectivity index (χ1v) is 14.2. The van der Waals surface area contributed by atoms with Crippen molar-refractivity contribution >= 4 is 21.7 Å². The van der Waals surface area contributed by atoms with Crippen LogP contribution in [0, 0.1) is 28.6 Å². The molecule has 0 aromatic carbocycles. The van der Waals surface area contributed by atoms with Crippen LogP contribution in [0.5, 0.6) is 0 Å². The normalized spacial score (nSPS) is 36.5. The summed E-state index contributed by atoms with van der Waals surface area (Å²) in [7, 11) is -3.67. The second kappa shape index (κ2) is 9.23. The third-order valence-corrected chi connectivity index (χ3v) is 8.94. The monoisotopic (exact) mass is 487 g/mol. The summed E-state index contributed by atoms with van der Waals surface area (Å²) in [5.74, 6) is 2.12. The SMILES string of the molecule is CC(=O)O[C@H]1CC[C@@]2(C)C(=CCC3C2CC[C@]2(C)C(c4cccnc4)=CCC32)C1.CS(=O)(=O)O. The Morgan fingerprint density at radius 2 is 1.82 bits per heavy atom. The molecule has 7 heteroatoms. The van der Waals surface area contributed by atoms with Crippen molar-refractivity contribution in [2.45, 2.75) is 71.8 Å². The van der Waals surface area contributed by atoms with Crippen LogP contribution in [0.25, 0.3) is 5.57 Å². The smallest absolute Gasteiger partial charge is 0.302 e. The molecule has 0 spiro atoms. The van der Waals surface area contributed by atoms with Gasteiger partial charge in [-0.2, -0.15) is 8.42 Å². The Balaban J connectivity index is 0.000000499. The predicted molar refractivity (Wildman–Crippen MR) is 132 cm³/mol. The third kappa shape index (κ3) is 4.87. The van der Waals surface area contributed by atoms with Crippen LogP contribution >= 0.6 is 0 Å². The summed E-state index contributed by atoms with van der Waals surface area (Å²) in [6, 6.07) is 4.30. The fourth-order valence-electron chi connectivity index (χ4n) is 7.50. The number of rotatable bonds is 2. The van der Waals surface area contributed by atoms with Gasteiger partial charge in [-0.15, -0.1) is 0 Å². The topological polar surface area (TPSA) is 93.6 Å². The number of allylic oxidation sites excluding steroid dienone is 3. The van der Waals surface area contributed by atoms with Crippen molar-refractivity contribution in [1.29, 1.82) is 0 Å². The lowest BCUT2D eigenvalue weighted by Crippen LogP contribution is -2.50. The van der Waals surface area contributed by atoms with Gasteiger partial charge in [-0.1, -0.05) is 37.6 Å². The van der Waals surface area contributed by atoms with E-state index in [4.69, 9.17) is 9.29 Å². The number of aromatic nitrogens is 1. The first-order valence-electron chi connectivity index (χ1n) is 12.3. The molecule has 1 N–H and O–H groups in total. The zero-order valence-electron chi connectivity index (χ0n) is 20.7. The van der Waals surface area contributed by atoms with E-state index >= 15 is 0 Å². The Morgan fingerprint density at radius 1 is 1.12 bits per heavy atom. The van der Waals surface area contributed by atoms with Crippen molar-refractivity contribution in [2.75, 3.05) is 6.26 Å². The summed E-state index contributed by atoms with van der Waals surface area (Å²) in [5.41, 5.74) is 4.99. The van der Waals surface area contributed by atoms with Crippen LogP contribution in [0.15, 0.2) is 42.3 Å². The van der Waals surface area contributed by atoms with E-state index in [0.29, 0.717) is 6.26 Å². The van der Waals surface area contributed by atoms with Crippen molar-refractivity contribution in [2.24, 2.45) is 28.6 Å². The van der Waals surface area contributed by atoms with Gasteiger partial charge in [-0.25, -0.2) is 0 Å². The first-order chi connectivity index (χ1) is 15.9. The molecule has 0 aliphatic heterocycles. The fraction of sp³-hybridized carbons (Fsp3) is 0.630. The van der Waals surface area contributed by atoms with Gasteiger partial charge in [-0.05, 0) is 84.3 Å². The molecular formula is C27H37NO5S. The Morgan fingerprint density at radius 3 is 2.47 bits per heavy atom. The summed E-state index contributed by atoms with van der Waals surface area (Å²) >= 11 is 0. The van der Waals surface area contributed by atoms with Crippen LogP contribution in [0.2, 0.25) is 0 Å². The van der Waals surface area contributed by atoms with Crippen LogP contribution in [0.3, 0.4) is 0 Å². The van der Waals surface area contributed by atoms with Gasteiger partial charge < -0.3 is 4.74 Å². The largest absolute Gasteiger partial charge is 0.462 e. The molecule has 0 amide bonds. The molecule has 0 radical (unpaired) electrons. The highest BCUT2D eigenvalue weighted by Gasteiger charge is 2.56. The van der Waals surface area contributed by atoms with Crippen LogP contribution in [-0.2, 0) is 19.6 Å². The number of esters is 1. The van der Waals surface area contributed by atoms with Crippen molar-refractivity contribution in [3.8, 4) is 0 Å². The number of carbonyl (C=O) groups is 1. The van der Waals surface area contributed by atoms with Gasteiger partial charge in [0.2, 0.25) is 0 Å². The maximum atomic E-state index is 11.4. The number of hydrogen-bond acceptors (Lipinski definition) is 5. The molecule has 0 bridgehead atoms. The Bertz CT molecular complexity index is 1090. The van der Waals surface area contributed by atoms with Gasteiger partial charge in [0.05, 0.1) is 6.26 Å². The van der Waals surface area contributed by atoms with E-state index in [0.717, 1.165) is 37.0 Å². The molecule has 1 aromatic rings. The van der Waals surface area contributed by atoms with Crippen molar-refractivity contribution < 1.29 is 22.5 Å². The number of carbonyl (C=O) groups excluding carboxylic acids is 1. The minimum absolute atomic E-state index is 0.0857. The fourth-order valence-corrected chi connectivity index (χ4v) is 7.50. The lowest BCUT2D eigenvalue weighted by atomic mass is 9.47. The van der Waals surface area contributed by atoms with E-state index in [1.807, 2.05) is 12.4 Å². The summed E-state index contributed by atoms with van der Waals surface area (Å²) < 4.78 is 31.4. The summed E-state index contributed by atoms with van der Waals surface area (Å²) in [4.78, 5) is 15.8. The number of fused-ring (bicyclic) bond motifs is 5. The Hall–Kier alpha value is -1.99. The highest BCUT2D eigenvalue weighted by Crippen LogP contribution is 2.66. The Kier molecular flexibility index (Phi) is 6.82. The van der Waals surface area contributed by atoms with Crippen molar-refractivity contribution in [1.82, 2.24) is 4.98 Å². The maximum Gasteiger partial charge on any atom is 0.302 e. The van der Waals surface area contributed by atoms with Gasteiger partial charge in [0.25, 0.3) is 10.1 Å². The predicted octanol–water partition coefficient (Wildman–Crippen LogP) is 5.47. The van der Waals surface area contributed by atoms with Gasteiger partial charge in [0, 0.05) is 25.7 Å². The molecule has 2 fully saturated rings. The molecule has 5 rings (SSSR count).